The van der Waals surface area contributed by atoms with E-state index in [0.29, 0.717) is 6.29 Å². The van der Waals surface area contributed by atoms with Gasteiger partial charge in [0.15, 0.2) is 0 Å². The fourth-order valence-corrected chi connectivity index (χ4v) is 0.463. The fourth-order valence-electron chi connectivity index (χ4n) is 0.463. The van der Waals surface area contributed by atoms with Gasteiger partial charge in [-0.2, -0.15) is 0 Å². The Morgan fingerprint density at radius 2 is 2.50 bits per heavy atom. The van der Waals surface area contributed by atoms with E-state index in [2.05, 4.69) is 5.32 Å². The maximum absolute atomic E-state index is 10.7. The normalized spacial score (nSPS) is 12.2. The molecule has 1 amide bonds. The van der Waals surface area contributed by atoms with E-state index in [4.69, 9.17) is 4.74 Å². The van der Waals surface area contributed by atoms with Gasteiger partial charge < -0.3 is 14.8 Å². The van der Waals surface area contributed by atoms with E-state index in [-0.39, 0.29) is 13.9 Å². The summed E-state index contributed by atoms with van der Waals surface area (Å²) in [5.74, 6) is -0.221. The first-order chi connectivity index (χ1) is 4.72. The molecule has 4 heteroatoms. The molecule has 10 heavy (non-hydrogen) atoms. The minimum Gasteiger partial charge on any atom is -0.361 e. The van der Waals surface area contributed by atoms with Crippen molar-refractivity contribution in [3.05, 3.63) is 0 Å². The Labute approximate surface area is 61.0 Å². The predicted molar refractivity (Wildman–Crippen MR) is 37.7 cm³/mol. The van der Waals surface area contributed by atoms with Crippen LogP contribution in [0.4, 0.5) is 0 Å². The fraction of sp³-hybridized carbons (Fsp3) is 0.667. The maximum atomic E-state index is 10.7. The van der Waals surface area contributed by atoms with Crippen molar-refractivity contribution < 1.29 is 15.8 Å². The summed E-state index contributed by atoms with van der Waals surface area (Å²) in [6.07, 6.45) is 0.0644. The average Bonchev–Trinajstić information content (AvgIpc) is 1.98. The van der Waals surface area contributed by atoms with Crippen molar-refractivity contribution in [3.63, 3.8) is 0 Å². The SMILES string of the molecule is CNC(=O)[C@@H](C)OCC=O.[HH]. The number of aldehydes is 1. The number of hydrogen-bond donors (Lipinski definition) is 1. The third kappa shape index (κ3) is 3.19. The van der Waals surface area contributed by atoms with E-state index >= 15 is 0 Å². The van der Waals surface area contributed by atoms with Crippen molar-refractivity contribution in [1.82, 2.24) is 5.32 Å². The Kier molecular flexibility index (Phi) is 4.49. The molecular formula is C6H13NO3. The van der Waals surface area contributed by atoms with Gasteiger partial charge in [-0.15, -0.1) is 0 Å². The lowest BCUT2D eigenvalue weighted by atomic mass is 10.4. The second-order valence-corrected chi connectivity index (χ2v) is 1.76. The number of hydrogen-bond acceptors (Lipinski definition) is 3. The van der Waals surface area contributed by atoms with Crippen molar-refractivity contribution in [2.45, 2.75) is 13.0 Å². The van der Waals surface area contributed by atoms with Gasteiger partial charge >= 0.3 is 0 Å². The topological polar surface area (TPSA) is 55.4 Å². The summed E-state index contributed by atoms with van der Waals surface area (Å²) >= 11 is 0. The van der Waals surface area contributed by atoms with Crippen molar-refractivity contribution in [1.29, 1.82) is 0 Å². The van der Waals surface area contributed by atoms with Crippen LogP contribution < -0.4 is 5.32 Å². The molecule has 0 heterocycles. The molecular weight excluding hydrogens is 134 g/mol. The van der Waals surface area contributed by atoms with Gasteiger partial charge in [0.2, 0.25) is 5.91 Å². The lowest BCUT2D eigenvalue weighted by molar-refractivity contribution is -0.132. The lowest BCUT2D eigenvalue weighted by Gasteiger charge is -2.07. The molecule has 0 fully saturated rings. The zero-order valence-electron chi connectivity index (χ0n) is 6.09. The molecule has 1 atom stereocenters. The summed E-state index contributed by atoms with van der Waals surface area (Å²) in [4.78, 5) is 20.4. The van der Waals surface area contributed by atoms with Gasteiger partial charge in [0.1, 0.15) is 19.0 Å². The molecule has 0 unspecified atom stereocenters. The van der Waals surface area contributed by atoms with E-state index in [1.807, 2.05) is 0 Å². The van der Waals surface area contributed by atoms with Crippen LogP contribution in [0.1, 0.15) is 8.35 Å². The highest BCUT2D eigenvalue weighted by Gasteiger charge is 2.09. The van der Waals surface area contributed by atoms with E-state index in [1.54, 1.807) is 6.92 Å². The van der Waals surface area contributed by atoms with Gasteiger partial charge in [-0.25, -0.2) is 0 Å². The minimum atomic E-state index is -0.546. The van der Waals surface area contributed by atoms with E-state index in [0.717, 1.165) is 0 Å². The van der Waals surface area contributed by atoms with Gasteiger partial charge in [0.05, 0.1) is 0 Å². The van der Waals surface area contributed by atoms with Crippen LogP contribution in [0, 0.1) is 0 Å². The van der Waals surface area contributed by atoms with Crippen LogP contribution in [0.2, 0.25) is 0 Å². The van der Waals surface area contributed by atoms with Crippen LogP contribution >= 0.6 is 0 Å². The van der Waals surface area contributed by atoms with Crippen LogP contribution in [0.15, 0.2) is 0 Å². The zero-order valence-corrected chi connectivity index (χ0v) is 6.09. The molecule has 0 aliphatic carbocycles. The molecule has 4 nitrogen and oxygen atoms in total. The number of likely N-dealkylation sites (N-methyl/N-ethyl adjacent to an activating group) is 1. The largest absolute Gasteiger partial charge is 0.361 e. The first kappa shape index (κ1) is 9.10. The van der Waals surface area contributed by atoms with E-state index in [9.17, 15) is 9.59 Å². The second-order valence-electron chi connectivity index (χ2n) is 1.76. The first-order valence-electron chi connectivity index (χ1n) is 2.99. The molecule has 0 saturated heterocycles. The number of carbonyl (C=O) groups excluding carboxylic acids is 2. The zero-order chi connectivity index (χ0) is 7.98. The first-order valence-corrected chi connectivity index (χ1v) is 2.99. The van der Waals surface area contributed by atoms with Crippen LogP contribution in [-0.4, -0.2) is 32.0 Å². The monoisotopic (exact) mass is 147 g/mol. The number of amides is 1. The van der Waals surface area contributed by atoms with Crippen molar-refractivity contribution in [3.8, 4) is 0 Å². The molecule has 1 N–H and O–H groups in total. The van der Waals surface area contributed by atoms with Gasteiger partial charge in [-0.1, -0.05) is 0 Å². The summed E-state index contributed by atoms with van der Waals surface area (Å²) in [5.41, 5.74) is 0. The molecule has 0 spiro atoms. The van der Waals surface area contributed by atoms with Crippen LogP contribution in [0.5, 0.6) is 0 Å². The molecule has 0 bridgehead atoms. The number of rotatable bonds is 4. The highest BCUT2D eigenvalue weighted by Crippen LogP contribution is 1.87. The summed E-state index contributed by atoms with van der Waals surface area (Å²) in [7, 11) is 1.52. The van der Waals surface area contributed by atoms with Crippen LogP contribution in [0.3, 0.4) is 0 Å². The molecule has 0 aliphatic heterocycles. The second kappa shape index (κ2) is 4.93. The van der Waals surface area contributed by atoms with Gasteiger partial charge in [0.25, 0.3) is 0 Å². The third-order valence-electron chi connectivity index (χ3n) is 1.03. The molecule has 60 valence electrons. The smallest absolute Gasteiger partial charge is 0.248 e. The quantitative estimate of drug-likeness (QED) is 0.549. The number of ether oxygens (including phenoxy) is 1. The molecule has 0 radical (unpaired) electrons. The van der Waals surface area contributed by atoms with E-state index < -0.39 is 6.10 Å². The van der Waals surface area contributed by atoms with Gasteiger partial charge in [0, 0.05) is 8.47 Å². The predicted octanol–water partition coefficient (Wildman–Crippen LogP) is -0.418. The highest BCUT2D eigenvalue weighted by molar-refractivity contribution is 5.80. The Hall–Kier alpha value is -0.900. The molecule has 0 aromatic rings. The standard InChI is InChI=1S/C6H11NO3.H2/c1-5(6(9)7-2)10-4-3-8;/h3,5H,4H2,1-2H3,(H,7,9);1H/t5-;/m1./s1. The Bertz CT molecular complexity index is 129. The Morgan fingerprint density at radius 3 is 2.90 bits per heavy atom. The number of carbonyl (C=O) groups is 2. The Morgan fingerprint density at radius 1 is 1.90 bits per heavy atom. The van der Waals surface area contributed by atoms with Crippen molar-refractivity contribution in [2.24, 2.45) is 0 Å². The highest BCUT2D eigenvalue weighted by atomic mass is 16.5. The number of nitrogens with one attached hydrogen (secondary N) is 1. The molecule has 0 aromatic heterocycles. The van der Waals surface area contributed by atoms with Crippen LogP contribution in [0.25, 0.3) is 0 Å². The molecule has 0 saturated carbocycles. The summed E-state index contributed by atoms with van der Waals surface area (Å²) in [5, 5.41) is 2.39. The summed E-state index contributed by atoms with van der Waals surface area (Å²) in [6, 6.07) is 0. The average molecular weight is 147 g/mol. The minimum absolute atomic E-state index is 0. The molecule has 0 rings (SSSR count). The van der Waals surface area contributed by atoms with Crippen molar-refractivity contribution >= 4 is 12.2 Å². The van der Waals surface area contributed by atoms with Gasteiger partial charge in [-0.3, -0.25) is 4.79 Å². The van der Waals surface area contributed by atoms with Gasteiger partial charge in [-0.05, 0) is 6.92 Å². The summed E-state index contributed by atoms with van der Waals surface area (Å²) < 4.78 is 4.76. The van der Waals surface area contributed by atoms with E-state index in [1.165, 1.54) is 7.05 Å². The Balaban J connectivity index is 0. The molecule has 0 aliphatic rings. The lowest BCUT2D eigenvalue weighted by Crippen LogP contribution is -2.32. The maximum Gasteiger partial charge on any atom is 0.248 e. The molecule has 0 aromatic carbocycles. The third-order valence-corrected chi connectivity index (χ3v) is 1.03. The van der Waals surface area contributed by atoms with Crippen LogP contribution in [-0.2, 0) is 14.3 Å². The summed E-state index contributed by atoms with van der Waals surface area (Å²) in [6.45, 7) is 1.55. The van der Waals surface area contributed by atoms with Crippen molar-refractivity contribution in [2.75, 3.05) is 13.7 Å².